The molecule has 0 bridgehead atoms. The zero-order valence-electron chi connectivity index (χ0n) is 13.8. The molecule has 7 heteroatoms. The lowest BCUT2D eigenvalue weighted by Crippen LogP contribution is -2.45. The Balaban J connectivity index is 1.79. The number of aryl methyl sites for hydroxylation is 1. The Bertz CT molecular complexity index is 657. The normalized spacial score (nSPS) is 24.0. The van der Waals surface area contributed by atoms with Crippen molar-refractivity contribution in [3.63, 3.8) is 0 Å². The second-order valence-electron chi connectivity index (χ2n) is 6.34. The summed E-state index contributed by atoms with van der Waals surface area (Å²) in [5.74, 6) is 0. The number of nitrogens with zero attached hydrogens (tertiary/aromatic N) is 2. The summed E-state index contributed by atoms with van der Waals surface area (Å²) in [6.45, 7) is 3.15. The number of anilines is 1. The minimum absolute atomic E-state index is 0.209. The van der Waals surface area contributed by atoms with Crippen LogP contribution in [0.2, 0.25) is 0 Å². The summed E-state index contributed by atoms with van der Waals surface area (Å²) in [6, 6.07) is 3.89. The molecule has 1 aliphatic heterocycles. The maximum absolute atomic E-state index is 12.8. The topological polar surface area (TPSA) is 71.5 Å². The molecule has 2 heterocycles. The number of aromatic nitrogens is 1. The quantitative estimate of drug-likeness (QED) is 0.909. The first-order valence-electron chi connectivity index (χ1n) is 8.27. The van der Waals surface area contributed by atoms with Gasteiger partial charge in [-0.2, -0.15) is 4.31 Å². The Morgan fingerprint density at radius 2 is 2.04 bits per heavy atom. The first-order chi connectivity index (χ1) is 11.0. The smallest absolute Gasteiger partial charge is 0.217 e. The highest BCUT2D eigenvalue weighted by Crippen LogP contribution is 2.31. The van der Waals surface area contributed by atoms with E-state index >= 15 is 0 Å². The Hall–Kier alpha value is -1.18. The summed E-state index contributed by atoms with van der Waals surface area (Å²) in [4.78, 5) is 4.53. The molecule has 23 heavy (non-hydrogen) atoms. The molecule has 2 fully saturated rings. The molecular formula is C16H25N3O3S. The van der Waals surface area contributed by atoms with Gasteiger partial charge in [-0.05, 0) is 31.9 Å². The number of hydrogen-bond donors (Lipinski definition) is 1. The fraction of sp³-hybridized carbons (Fsp3) is 0.688. The molecule has 1 saturated heterocycles. The Morgan fingerprint density at radius 3 is 2.74 bits per heavy atom. The fourth-order valence-electron chi connectivity index (χ4n) is 3.44. The third kappa shape index (κ3) is 3.51. The minimum Gasteiger partial charge on any atom is -0.388 e. The molecule has 0 amide bonds. The highest BCUT2D eigenvalue weighted by atomic mass is 32.2. The van der Waals surface area contributed by atoms with Crippen molar-refractivity contribution >= 4 is 15.7 Å². The van der Waals surface area contributed by atoms with Gasteiger partial charge in [0.1, 0.15) is 6.10 Å². The van der Waals surface area contributed by atoms with Crippen molar-refractivity contribution in [2.45, 2.75) is 44.0 Å². The van der Waals surface area contributed by atoms with Crippen LogP contribution in [0.5, 0.6) is 0 Å². The molecule has 1 aromatic rings. The maximum Gasteiger partial charge on any atom is 0.217 e. The highest BCUT2D eigenvalue weighted by Gasteiger charge is 2.37. The van der Waals surface area contributed by atoms with Gasteiger partial charge in [-0.3, -0.25) is 4.98 Å². The molecule has 0 radical (unpaired) electrons. The van der Waals surface area contributed by atoms with Crippen molar-refractivity contribution in [3.05, 3.63) is 23.5 Å². The first kappa shape index (κ1) is 16.7. The number of sulfonamides is 1. The number of morpholine rings is 1. The van der Waals surface area contributed by atoms with Crippen molar-refractivity contribution in [1.82, 2.24) is 9.29 Å². The second-order valence-corrected chi connectivity index (χ2v) is 8.55. The molecule has 1 aromatic heterocycles. The van der Waals surface area contributed by atoms with Gasteiger partial charge in [-0.1, -0.05) is 12.8 Å². The lowest BCUT2D eigenvalue weighted by molar-refractivity contribution is -0.00523. The van der Waals surface area contributed by atoms with E-state index in [1.54, 1.807) is 4.31 Å². The molecule has 128 valence electrons. The molecular weight excluding hydrogens is 314 g/mol. The highest BCUT2D eigenvalue weighted by molar-refractivity contribution is 7.89. The zero-order valence-corrected chi connectivity index (χ0v) is 14.6. The summed E-state index contributed by atoms with van der Waals surface area (Å²) in [7, 11) is -1.36. The van der Waals surface area contributed by atoms with Gasteiger partial charge < -0.3 is 10.1 Å². The number of rotatable bonds is 4. The molecule has 1 saturated carbocycles. The average Bonchev–Trinajstić information content (AvgIpc) is 3.09. The van der Waals surface area contributed by atoms with Crippen molar-refractivity contribution in [2.75, 3.05) is 32.1 Å². The first-order valence-corrected chi connectivity index (χ1v) is 9.78. The van der Waals surface area contributed by atoms with E-state index in [1.807, 2.05) is 26.1 Å². The average molecular weight is 339 g/mol. The van der Waals surface area contributed by atoms with Crippen molar-refractivity contribution < 1.29 is 13.2 Å². The monoisotopic (exact) mass is 339 g/mol. The maximum atomic E-state index is 12.8. The van der Waals surface area contributed by atoms with E-state index in [2.05, 4.69) is 10.3 Å². The van der Waals surface area contributed by atoms with Crippen LogP contribution in [-0.4, -0.2) is 49.7 Å². The number of hydrogen-bond acceptors (Lipinski definition) is 5. The van der Waals surface area contributed by atoms with Crippen LogP contribution in [0, 0.1) is 6.92 Å². The van der Waals surface area contributed by atoms with E-state index in [4.69, 9.17) is 4.74 Å². The lowest BCUT2D eigenvalue weighted by atomic mass is 10.1. The predicted octanol–water partition coefficient (Wildman–Crippen LogP) is 2.08. The van der Waals surface area contributed by atoms with Crippen molar-refractivity contribution in [2.24, 2.45) is 0 Å². The van der Waals surface area contributed by atoms with Crippen LogP contribution in [0.4, 0.5) is 5.69 Å². The largest absolute Gasteiger partial charge is 0.388 e. The zero-order chi connectivity index (χ0) is 16.4. The van der Waals surface area contributed by atoms with Crippen molar-refractivity contribution in [1.29, 1.82) is 0 Å². The van der Waals surface area contributed by atoms with E-state index in [1.165, 1.54) is 0 Å². The number of nitrogens with one attached hydrogen (secondary N) is 1. The van der Waals surface area contributed by atoms with Crippen LogP contribution in [-0.2, 0) is 14.8 Å². The van der Waals surface area contributed by atoms with E-state index in [0.29, 0.717) is 19.7 Å². The molecule has 1 N–H and O–H groups in total. The van der Waals surface area contributed by atoms with Gasteiger partial charge in [0.15, 0.2) is 0 Å². The van der Waals surface area contributed by atoms with E-state index < -0.39 is 10.0 Å². The predicted molar refractivity (Wildman–Crippen MR) is 90.0 cm³/mol. The van der Waals surface area contributed by atoms with Gasteiger partial charge in [0, 0.05) is 31.5 Å². The second kappa shape index (κ2) is 6.75. The van der Waals surface area contributed by atoms with Gasteiger partial charge in [0.25, 0.3) is 0 Å². The molecule has 1 atom stereocenters. The molecule has 6 nitrogen and oxygen atoms in total. The fourth-order valence-corrected chi connectivity index (χ4v) is 5.46. The van der Waals surface area contributed by atoms with Crippen LogP contribution in [0.25, 0.3) is 0 Å². The minimum atomic E-state index is -3.22. The third-order valence-corrected chi connectivity index (χ3v) is 7.07. The lowest BCUT2D eigenvalue weighted by Gasteiger charge is -2.33. The Morgan fingerprint density at radius 1 is 1.30 bits per heavy atom. The SMILES string of the molecule is CNc1cc(C)nc([C@H]2CN(S(=O)(=O)C3CCCC3)CCO2)c1. The summed E-state index contributed by atoms with van der Waals surface area (Å²) < 4.78 is 33.0. The van der Waals surface area contributed by atoms with Gasteiger partial charge >= 0.3 is 0 Å². The van der Waals surface area contributed by atoms with Crippen LogP contribution in [0.3, 0.4) is 0 Å². The summed E-state index contributed by atoms with van der Waals surface area (Å²) in [5, 5.41) is 2.90. The van der Waals surface area contributed by atoms with E-state index in [9.17, 15) is 8.42 Å². The molecule has 1 aliphatic carbocycles. The molecule has 0 unspecified atom stereocenters. The summed E-state index contributed by atoms with van der Waals surface area (Å²) in [6.07, 6.45) is 3.31. The number of pyridine rings is 1. The standard InChI is InChI=1S/C16H25N3O3S/c1-12-9-13(17-2)10-15(18-12)16-11-19(7-8-22-16)23(20,21)14-5-3-4-6-14/h9-10,14,16H,3-8,11H2,1-2H3,(H,17,18)/t16-/m1/s1. The van der Waals surface area contributed by atoms with Gasteiger partial charge in [-0.15, -0.1) is 0 Å². The molecule has 3 rings (SSSR count). The van der Waals surface area contributed by atoms with Crippen LogP contribution in [0.1, 0.15) is 43.2 Å². The molecule has 0 aromatic carbocycles. The van der Waals surface area contributed by atoms with E-state index in [-0.39, 0.29) is 11.4 Å². The van der Waals surface area contributed by atoms with Crippen LogP contribution in [0.15, 0.2) is 12.1 Å². The molecule has 2 aliphatic rings. The van der Waals surface area contributed by atoms with Gasteiger partial charge in [0.05, 0.1) is 17.6 Å². The number of ether oxygens (including phenoxy) is 1. The van der Waals surface area contributed by atoms with Crippen LogP contribution < -0.4 is 5.32 Å². The Kier molecular flexibility index (Phi) is 4.89. The summed E-state index contributed by atoms with van der Waals surface area (Å²) >= 11 is 0. The van der Waals surface area contributed by atoms with Crippen LogP contribution >= 0.6 is 0 Å². The van der Waals surface area contributed by atoms with Crippen molar-refractivity contribution in [3.8, 4) is 0 Å². The molecule has 0 spiro atoms. The van der Waals surface area contributed by atoms with E-state index in [0.717, 1.165) is 42.8 Å². The Labute approximate surface area is 138 Å². The van der Waals surface area contributed by atoms with Gasteiger partial charge in [-0.25, -0.2) is 8.42 Å². The summed E-state index contributed by atoms with van der Waals surface area (Å²) in [5.41, 5.74) is 2.65. The van der Waals surface area contributed by atoms with Gasteiger partial charge in [0.2, 0.25) is 10.0 Å². The third-order valence-electron chi connectivity index (χ3n) is 4.70.